The van der Waals surface area contributed by atoms with E-state index >= 15 is 0 Å². The lowest BCUT2D eigenvalue weighted by molar-refractivity contribution is -0.147. The fourth-order valence-corrected chi connectivity index (χ4v) is 4.06. The molecule has 3 aromatic rings. The van der Waals surface area contributed by atoms with Gasteiger partial charge in [0.2, 0.25) is 17.7 Å². The highest BCUT2D eigenvalue weighted by molar-refractivity contribution is 5.95. The molecule has 0 aliphatic rings. The number of carbonyl (C=O) groups excluding carboxylic acids is 3. The van der Waals surface area contributed by atoms with Crippen molar-refractivity contribution in [1.29, 1.82) is 0 Å². The zero-order valence-electron chi connectivity index (χ0n) is 22.4. The van der Waals surface area contributed by atoms with Crippen LogP contribution in [0.25, 0.3) is 0 Å². The first-order valence-electron chi connectivity index (χ1n) is 12.9. The number of imidazole rings is 1. The number of H-pyrrole nitrogens is 1. The number of carboxylic acid groups (broad SMARTS) is 2. The lowest BCUT2D eigenvalue weighted by atomic mass is 10.0. The summed E-state index contributed by atoms with van der Waals surface area (Å²) >= 11 is 0. The summed E-state index contributed by atoms with van der Waals surface area (Å²) in [6, 6.07) is 9.44. The molecular weight excluding hydrogens is 548 g/mol. The van der Waals surface area contributed by atoms with E-state index in [1.807, 2.05) is 18.2 Å². The number of rotatable bonds is 15. The third kappa shape index (κ3) is 9.75. The van der Waals surface area contributed by atoms with Gasteiger partial charge in [-0.15, -0.1) is 0 Å². The van der Waals surface area contributed by atoms with E-state index in [1.165, 1.54) is 36.8 Å². The minimum absolute atomic E-state index is 0.0367. The molecule has 9 N–H and O–H groups in total. The van der Waals surface area contributed by atoms with Gasteiger partial charge in [-0.25, -0.2) is 9.78 Å². The second-order valence-corrected chi connectivity index (χ2v) is 9.57. The number of hydrogen-bond donors (Lipinski definition) is 8. The highest BCUT2D eigenvalue weighted by Crippen LogP contribution is 2.12. The number of carbonyl (C=O) groups is 5. The zero-order chi connectivity index (χ0) is 30.6. The molecule has 1 heterocycles. The van der Waals surface area contributed by atoms with Crippen LogP contribution in [0.1, 0.15) is 23.2 Å². The van der Waals surface area contributed by atoms with Gasteiger partial charge >= 0.3 is 11.9 Å². The summed E-state index contributed by atoms with van der Waals surface area (Å²) in [5.74, 6) is -5.42. The van der Waals surface area contributed by atoms with Crippen LogP contribution >= 0.6 is 0 Å². The Morgan fingerprint density at radius 3 is 1.90 bits per heavy atom. The summed E-state index contributed by atoms with van der Waals surface area (Å²) in [6.45, 7) is 0. The predicted octanol–water partition coefficient (Wildman–Crippen LogP) is -0.516. The molecule has 0 aliphatic heterocycles. The number of phenols is 1. The highest BCUT2D eigenvalue weighted by Gasteiger charge is 2.31. The fraction of sp³-hybridized carbons (Fsp3) is 0.286. The van der Waals surface area contributed by atoms with Crippen molar-refractivity contribution in [3.8, 4) is 5.75 Å². The summed E-state index contributed by atoms with van der Waals surface area (Å²) in [5.41, 5.74) is 7.92. The van der Waals surface area contributed by atoms with E-state index in [0.29, 0.717) is 11.3 Å². The number of carboxylic acids is 2. The predicted molar refractivity (Wildman–Crippen MR) is 148 cm³/mol. The molecule has 0 fully saturated rings. The zero-order valence-corrected chi connectivity index (χ0v) is 22.4. The number of benzene rings is 2. The van der Waals surface area contributed by atoms with E-state index in [-0.39, 0.29) is 25.0 Å². The number of nitrogens with two attached hydrogens (primary N) is 1. The van der Waals surface area contributed by atoms with Crippen molar-refractivity contribution in [3.63, 3.8) is 0 Å². The Morgan fingerprint density at radius 1 is 0.762 bits per heavy atom. The van der Waals surface area contributed by atoms with Crippen molar-refractivity contribution in [3.05, 3.63) is 83.9 Å². The molecule has 0 aliphatic carbocycles. The molecule has 4 atom stereocenters. The quantitative estimate of drug-likeness (QED) is 0.114. The number of nitrogens with one attached hydrogen (secondary N) is 4. The molecule has 14 nitrogen and oxygen atoms in total. The number of aromatic nitrogens is 2. The summed E-state index contributed by atoms with van der Waals surface area (Å²) < 4.78 is 0. The van der Waals surface area contributed by atoms with Crippen molar-refractivity contribution in [2.45, 2.75) is 49.9 Å². The number of nitrogens with zero attached hydrogens (tertiary/aromatic N) is 1. The summed E-state index contributed by atoms with van der Waals surface area (Å²) in [6.07, 6.45) is 1.98. The third-order valence-corrected chi connectivity index (χ3v) is 6.25. The maximum atomic E-state index is 13.5. The Bertz CT molecular complexity index is 1360. The van der Waals surface area contributed by atoms with Crippen molar-refractivity contribution < 1.29 is 39.3 Å². The van der Waals surface area contributed by atoms with Gasteiger partial charge in [0.25, 0.3) is 0 Å². The molecule has 0 radical (unpaired) electrons. The van der Waals surface area contributed by atoms with Crippen LogP contribution in [0.3, 0.4) is 0 Å². The summed E-state index contributed by atoms with van der Waals surface area (Å²) in [4.78, 5) is 69.1. The van der Waals surface area contributed by atoms with E-state index in [0.717, 1.165) is 5.56 Å². The van der Waals surface area contributed by atoms with E-state index in [2.05, 4.69) is 25.9 Å². The van der Waals surface area contributed by atoms with Crippen molar-refractivity contribution >= 4 is 29.7 Å². The van der Waals surface area contributed by atoms with E-state index in [4.69, 9.17) is 10.8 Å². The van der Waals surface area contributed by atoms with Gasteiger partial charge in [-0.3, -0.25) is 19.2 Å². The molecule has 14 heteroatoms. The average molecular weight is 581 g/mol. The van der Waals surface area contributed by atoms with Gasteiger partial charge in [-0.1, -0.05) is 42.5 Å². The smallest absolute Gasteiger partial charge is 0.326 e. The highest BCUT2D eigenvalue weighted by atomic mass is 16.4. The van der Waals surface area contributed by atoms with Crippen LogP contribution in [0.15, 0.2) is 67.1 Å². The van der Waals surface area contributed by atoms with Crippen LogP contribution in [-0.4, -0.2) is 79.1 Å². The van der Waals surface area contributed by atoms with Crippen LogP contribution in [-0.2, 0) is 43.2 Å². The number of phenolic OH excluding ortho intramolecular Hbond substituents is 1. The molecular formula is C28H32N6O8. The molecule has 4 unspecified atom stereocenters. The first kappa shape index (κ1) is 31.3. The van der Waals surface area contributed by atoms with Crippen LogP contribution < -0.4 is 21.7 Å². The van der Waals surface area contributed by atoms with Gasteiger partial charge in [-0.05, 0) is 29.7 Å². The monoisotopic (exact) mass is 580 g/mol. The van der Waals surface area contributed by atoms with E-state index in [9.17, 15) is 34.2 Å². The summed E-state index contributed by atoms with van der Waals surface area (Å²) in [5, 5.41) is 35.3. The van der Waals surface area contributed by atoms with Gasteiger partial charge in [-0.2, -0.15) is 0 Å². The van der Waals surface area contributed by atoms with Crippen LogP contribution in [0, 0.1) is 0 Å². The molecule has 0 saturated heterocycles. The molecule has 0 saturated carbocycles. The number of aromatic hydroxyl groups is 1. The average Bonchev–Trinajstić information content (AvgIpc) is 3.46. The molecule has 222 valence electrons. The second-order valence-electron chi connectivity index (χ2n) is 9.57. The Hall–Kier alpha value is -5.24. The van der Waals surface area contributed by atoms with Crippen molar-refractivity contribution in [1.82, 2.24) is 25.9 Å². The standard InChI is InChI=1S/C28H32N6O8/c29-20(10-16-4-2-1-3-5-16)25(38)32-22(12-18-14-30-15-31-18)27(40)33-21(11-17-6-8-19(35)9-7-17)26(39)34-23(28(41)42)13-24(36)37/h1-9,14-15,20-23,35H,10-13,29H2,(H,30,31)(H,32,38)(H,33,40)(H,34,39)(H,36,37)(H,41,42). The van der Waals surface area contributed by atoms with Crippen LogP contribution in [0.4, 0.5) is 0 Å². The largest absolute Gasteiger partial charge is 0.508 e. The van der Waals surface area contributed by atoms with Crippen molar-refractivity contribution in [2.75, 3.05) is 0 Å². The molecule has 1 aromatic heterocycles. The molecule has 2 aromatic carbocycles. The Morgan fingerprint density at radius 2 is 1.33 bits per heavy atom. The molecule has 42 heavy (non-hydrogen) atoms. The molecule has 0 bridgehead atoms. The third-order valence-electron chi connectivity index (χ3n) is 6.25. The lowest BCUT2D eigenvalue weighted by Crippen LogP contribution is -2.58. The Labute approximate surface area is 240 Å². The van der Waals surface area contributed by atoms with E-state index in [1.54, 1.807) is 12.1 Å². The maximum Gasteiger partial charge on any atom is 0.326 e. The first-order chi connectivity index (χ1) is 20.0. The van der Waals surface area contributed by atoms with Gasteiger partial charge in [0.05, 0.1) is 18.8 Å². The Balaban J connectivity index is 1.81. The first-order valence-corrected chi connectivity index (χ1v) is 12.9. The molecule has 0 spiro atoms. The minimum atomic E-state index is -1.76. The van der Waals surface area contributed by atoms with Gasteiger partial charge in [0.15, 0.2) is 0 Å². The second kappa shape index (κ2) is 14.9. The van der Waals surface area contributed by atoms with Crippen molar-refractivity contribution in [2.24, 2.45) is 5.73 Å². The van der Waals surface area contributed by atoms with Crippen LogP contribution in [0.5, 0.6) is 5.75 Å². The number of aliphatic carboxylic acids is 2. The fourth-order valence-electron chi connectivity index (χ4n) is 4.06. The number of amides is 3. The van der Waals surface area contributed by atoms with Gasteiger partial charge in [0.1, 0.15) is 23.9 Å². The van der Waals surface area contributed by atoms with Gasteiger partial charge in [0, 0.05) is 24.7 Å². The lowest BCUT2D eigenvalue weighted by Gasteiger charge is -2.25. The topological polar surface area (TPSA) is 237 Å². The molecule has 3 rings (SSSR count). The SMILES string of the molecule is NC(Cc1ccccc1)C(=O)NC(Cc1cnc[nH]1)C(=O)NC(Cc1ccc(O)cc1)C(=O)NC(CC(=O)O)C(=O)O. The molecule has 3 amide bonds. The minimum Gasteiger partial charge on any atom is -0.508 e. The number of aromatic amines is 1. The Kier molecular flexibility index (Phi) is 11.1. The maximum absolute atomic E-state index is 13.5. The van der Waals surface area contributed by atoms with E-state index < -0.39 is 60.2 Å². The number of hydrogen-bond acceptors (Lipinski definition) is 8. The van der Waals surface area contributed by atoms with Crippen LogP contribution in [0.2, 0.25) is 0 Å². The van der Waals surface area contributed by atoms with Gasteiger partial charge < -0.3 is 42.0 Å². The normalized spacial score (nSPS) is 13.6. The summed E-state index contributed by atoms with van der Waals surface area (Å²) in [7, 11) is 0.